The Kier molecular flexibility index (Phi) is 5.18. The molecule has 1 aromatic rings. The van der Waals surface area contributed by atoms with Gasteiger partial charge >= 0.3 is 5.97 Å². The quantitative estimate of drug-likeness (QED) is 0.632. The van der Waals surface area contributed by atoms with E-state index in [0.29, 0.717) is 23.6 Å². The van der Waals surface area contributed by atoms with Gasteiger partial charge in [0, 0.05) is 13.5 Å². The van der Waals surface area contributed by atoms with E-state index in [2.05, 4.69) is 4.74 Å². The third-order valence-corrected chi connectivity index (χ3v) is 2.95. The summed E-state index contributed by atoms with van der Waals surface area (Å²) >= 11 is 0. The van der Waals surface area contributed by atoms with Crippen LogP contribution in [0.1, 0.15) is 30.6 Å². The van der Waals surface area contributed by atoms with Crippen LogP contribution in [0.4, 0.5) is 5.69 Å². The second kappa shape index (κ2) is 6.43. The molecule has 5 nitrogen and oxygen atoms in total. The molecule has 0 aliphatic rings. The molecule has 0 aliphatic heterocycles. The van der Waals surface area contributed by atoms with E-state index < -0.39 is 5.97 Å². The Morgan fingerprint density at radius 2 is 2.00 bits per heavy atom. The molecule has 19 heavy (non-hydrogen) atoms. The molecule has 0 heterocycles. The van der Waals surface area contributed by atoms with Crippen LogP contribution in [0.5, 0.6) is 5.75 Å². The molecule has 0 atom stereocenters. The second-order valence-electron chi connectivity index (χ2n) is 4.81. The van der Waals surface area contributed by atoms with Gasteiger partial charge in [-0.2, -0.15) is 0 Å². The van der Waals surface area contributed by atoms with Gasteiger partial charge in [-0.05, 0) is 32.0 Å². The zero-order valence-corrected chi connectivity index (χ0v) is 11.9. The number of carbonyl (C=O) groups is 1. The first-order chi connectivity index (χ1) is 8.89. The minimum Gasteiger partial charge on any atom is -0.491 e. The SMILES string of the molecule is COC(=O)c1ccc(OCCC(C)(C)OC)c(N)c1. The molecule has 0 saturated carbocycles. The Morgan fingerprint density at radius 3 is 2.53 bits per heavy atom. The predicted octanol–water partition coefficient (Wildman–Crippen LogP) is 2.25. The minimum absolute atomic E-state index is 0.235. The molecule has 0 aliphatic carbocycles. The summed E-state index contributed by atoms with van der Waals surface area (Å²) in [5, 5.41) is 0. The maximum absolute atomic E-state index is 11.3. The van der Waals surface area contributed by atoms with Gasteiger partial charge in [-0.15, -0.1) is 0 Å². The van der Waals surface area contributed by atoms with Crippen LogP contribution in [-0.2, 0) is 9.47 Å². The zero-order chi connectivity index (χ0) is 14.5. The van der Waals surface area contributed by atoms with E-state index in [1.807, 2.05) is 13.8 Å². The maximum Gasteiger partial charge on any atom is 0.337 e. The van der Waals surface area contributed by atoms with Gasteiger partial charge in [0.25, 0.3) is 0 Å². The van der Waals surface area contributed by atoms with Gasteiger partial charge in [0.15, 0.2) is 0 Å². The van der Waals surface area contributed by atoms with Crippen molar-refractivity contribution in [1.82, 2.24) is 0 Å². The van der Waals surface area contributed by atoms with Crippen LogP contribution < -0.4 is 10.5 Å². The molecule has 2 N–H and O–H groups in total. The topological polar surface area (TPSA) is 70.8 Å². The summed E-state index contributed by atoms with van der Waals surface area (Å²) in [6, 6.07) is 4.84. The van der Waals surface area contributed by atoms with Gasteiger partial charge in [0.05, 0.1) is 30.6 Å². The minimum atomic E-state index is -0.418. The van der Waals surface area contributed by atoms with Gasteiger partial charge in [-0.1, -0.05) is 0 Å². The van der Waals surface area contributed by atoms with Gasteiger partial charge < -0.3 is 19.9 Å². The van der Waals surface area contributed by atoms with Crippen LogP contribution in [0.2, 0.25) is 0 Å². The van der Waals surface area contributed by atoms with Crippen molar-refractivity contribution in [2.45, 2.75) is 25.9 Å². The van der Waals surface area contributed by atoms with E-state index in [4.69, 9.17) is 15.2 Å². The number of methoxy groups -OCH3 is 2. The van der Waals surface area contributed by atoms with Crippen LogP contribution in [-0.4, -0.2) is 32.4 Å². The Hall–Kier alpha value is -1.75. The summed E-state index contributed by atoms with van der Waals surface area (Å²) in [4.78, 5) is 11.3. The lowest BCUT2D eigenvalue weighted by molar-refractivity contribution is 0.00551. The van der Waals surface area contributed by atoms with Gasteiger partial charge in [-0.3, -0.25) is 0 Å². The number of carbonyl (C=O) groups excluding carboxylic acids is 1. The first-order valence-electron chi connectivity index (χ1n) is 6.05. The molecule has 1 rings (SSSR count). The number of nitrogens with two attached hydrogens (primary N) is 1. The number of hydrogen-bond acceptors (Lipinski definition) is 5. The lowest BCUT2D eigenvalue weighted by Gasteiger charge is -2.22. The Labute approximate surface area is 113 Å². The highest BCUT2D eigenvalue weighted by molar-refractivity contribution is 5.90. The molecule has 0 radical (unpaired) electrons. The number of rotatable bonds is 6. The molecule has 5 heteroatoms. The van der Waals surface area contributed by atoms with E-state index >= 15 is 0 Å². The van der Waals surface area contributed by atoms with Gasteiger partial charge in [0.1, 0.15) is 5.75 Å². The maximum atomic E-state index is 11.3. The van der Waals surface area contributed by atoms with E-state index in [9.17, 15) is 4.79 Å². The molecule has 1 aromatic carbocycles. The number of esters is 1. The largest absolute Gasteiger partial charge is 0.491 e. The standard InChI is InChI=1S/C14H21NO4/c1-14(2,18-4)7-8-19-12-6-5-10(9-11(12)15)13(16)17-3/h5-6,9H,7-8,15H2,1-4H3. The number of ether oxygens (including phenoxy) is 3. The fourth-order valence-electron chi connectivity index (χ4n) is 1.43. The van der Waals surface area contributed by atoms with Crippen molar-refractivity contribution in [3.63, 3.8) is 0 Å². The molecule has 0 saturated heterocycles. The van der Waals surface area contributed by atoms with E-state index in [-0.39, 0.29) is 5.60 Å². The summed E-state index contributed by atoms with van der Waals surface area (Å²) < 4.78 is 15.5. The van der Waals surface area contributed by atoms with Crippen molar-refractivity contribution in [2.24, 2.45) is 0 Å². The number of benzene rings is 1. The summed E-state index contributed by atoms with van der Waals surface area (Å²) in [7, 11) is 3.00. The molecule has 0 unspecified atom stereocenters. The third-order valence-electron chi connectivity index (χ3n) is 2.95. The van der Waals surface area contributed by atoms with E-state index in [1.54, 1.807) is 25.3 Å². The number of hydrogen-bond donors (Lipinski definition) is 1. The van der Waals surface area contributed by atoms with Crippen LogP contribution >= 0.6 is 0 Å². The van der Waals surface area contributed by atoms with Crippen LogP contribution in [0.15, 0.2) is 18.2 Å². The Bertz CT molecular complexity index is 443. The van der Waals surface area contributed by atoms with Crippen LogP contribution in [0.3, 0.4) is 0 Å². The lowest BCUT2D eigenvalue weighted by atomic mass is 10.1. The highest BCUT2D eigenvalue weighted by atomic mass is 16.5. The van der Waals surface area contributed by atoms with Gasteiger partial charge in [-0.25, -0.2) is 4.79 Å². The average molecular weight is 267 g/mol. The molecule has 0 bridgehead atoms. The summed E-state index contributed by atoms with van der Waals surface area (Å²) in [5.41, 5.74) is 6.42. The number of anilines is 1. The third kappa shape index (κ3) is 4.44. The Morgan fingerprint density at radius 1 is 1.32 bits per heavy atom. The van der Waals surface area contributed by atoms with Crippen molar-refractivity contribution in [3.05, 3.63) is 23.8 Å². The fraction of sp³-hybridized carbons (Fsp3) is 0.500. The summed E-state index contributed by atoms with van der Waals surface area (Å²) in [5.74, 6) is 0.137. The van der Waals surface area contributed by atoms with Crippen molar-refractivity contribution < 1.29 is 19.0 Å². The Balaban J connectivity index is 2.63. The average Bonchev–Trinajstić information content (AvgIpc) is 2.39. The predicted molar refractivity (Wildman–Crippen MR) is 73.4 cm³/mol. The van der Waals surface area contributed by atoms with E-state index in [0.717, 1.165) is 6.42 Å². The molecular weight excluding hydrogens is 246 g/mol. The molecular formula is C14H21NO4. The first kappa shape index (κ1) is 15.3. The molecule has 0 spiro atoms. The van der Waals surface area contributed by atoms with Crippen molar-refractivity contribution in [2.75, 3.05) is 26.6 Å². The van der Waals surface area contributed by atoms with Crippen molar-refractivity contribution >= 4 is 11.7 Å². The van der Waals surface area contributed by atoms with Gasteiger partial charge in [0.2, 0.25) is 0 Å². The van der Waals surface area contributed by atoms with Crippen LogP contribution in [0.25, 0.3) is 0 Å². The van der Waals surface area contributed by atoms with E-state index in [1.165, 1.54) is 7.11 Å². The highest BCUT2D eigenvalue weighted by Gasteiger charge is 2.16. The molecule has 0 aromatic heterocycles. The normalized spacial score (nSPS) is 11.2. The first-order valence-corrected chi connectivity index (χ1v) is 6.05. The second-order valence-corrected chi connectivity index (χ2v) is 4.81. The fourth-order valence-corrected chi connectivity index (χ4v) is 1.43. The van der Waals surface area contributed by atoms with Crippen molar-refractivity contribution in [3.8, 4) is 5.75 Å². The van der Waals surface area contributed by atoms with Crippen LogP contribution in [0, 0.1) is 0 Å². The lowest BCUT2D eigenvalue weighted by Crippen LogP contribution is -2.25. The number of nitrogen functional groups attached to an aromatic ring is 1. The molecule has 106 valence electrons. The smallest absolute Gasteiger partial charge is 0.337 e. The molecule has 0 amide bonds. The zero-order valence-electron chi connectivity index (χ0n) is 11.9. The van der Waals surface area contributed by atoms with Crippen molar-refractivity contribution in [1.29, 1.82) is 0 Å². The molecule has 0 fully saturated rings. The summed E-state index contributed by atoms with van der Waals surface area (Å²) in [6.07, 6.45) is 0.738. The monoisotopic (exact) mass is 267 g/mol. The summed E-state index contributed by atoms with van der Waals surface area (Å²) in [6.45, 7) is 4.46. The highest BCUT2D eigenvalue weighted by Crippen LogP contribution is 2.24.